The molecule has 0 saturated carbocycles. The van der Waals surface area contributed by atoms with Crippen LogP contribution in [0.1, 0.15) is 5.82 Å². The van der Waals surface area contributed by atoms with Crippen molar-refractivity contribution in [2.45, 2.75) is 6.54 Å². The molecule has 0 atom stereocenters. The predicted octanol–water partition coefficient (Wildman–Crippen LogP) is -0.848. The van der Waals surface area contributed by atoms with E-state index in [0.717, 1.165) is 51.6 Å². The fourth-order valence-corrected chi connectivity index (χ4v) is 2.02. The second kappa shape index (κ2) is 6.09. The number of hydrogen-bond acceptors (Lipinski definition) is 5. The lowest BCUT2D eigenvalue weighted by Crippen LogP contribution is -2.45. The van der Waals surface area contributed by atoms with Crippen LogP contribution in [0.5, 0.6) is 0 Å². The maximum Gasteiger partial charge on any atom is 0.146 e. The number of likely N-dealkylation sites (N-methyl/N-ethyl adjacent to an activating group) is 1. The molecule has 1 aromatic rings. The predicted molar refractivity (Wildman–Crippen MR) is 66.6 cm³/mol. The van der Waals surface area contributed by atoms with Gasteiger partial charge >= 0.3 is 0 Å². The molecule has 6 heteroatoms. The number of hydrogen-bond donors (Lipinski definition) is 1. The summed E-state index contributed by atoms with van der Waals surface area (Å²) in [5.74, 6) is 1.02. The molecule has 0 spiro atoms. The number of aryl methyl sites for hydroxylation is 1. The summed E-state index contributed by atoms with van der Waals surface area (Å²) in [4.78, 5) is 4.80. The van der Waals surface area contributed by atoms with Crippen molar-refractivity contribution < 1.29 is 0 Å². The minimum Gasteiger partial charge on any atom is -0.320 e. The third-order valence-corrected chi connectivity index (χ3v) is 3.22. The van der Waals surface area contributed by atoms with E-state index in [2.05, 4.69) is 32.4 Å². The number of piperazine rings is 1. The Morgan fingerprint density at radius 1 is 1.41 bits per heavy atom. The van der Waals surface area contributed by atoms with Crippen LogP contribution >= 0.6 is 0 Å². The van der Waals surface area contributed by atoms with Crippen molar-refractivity contribution in [2.24, 2.45) is 7.05 Å². The molecule has 96 valence electrons. The van der Waals surface area contributed by atoms with Crippen LogP contribution in [-0.2, 0) is 13.6 Å². The first kappa shape index (κ1) is 12.5. The summed E-state index contributed by atoms with van der Waals surface area (Å²) in [5.41, 5.74) is 0. The van der Waals surface area contributed by atoms with Crippen LogP contribution in [-0.4, -0.2) is 70.9 Å². The Bertz CT molecular complexity index is 330. The summed E-state index contributed by atoms with van der Waals surface area (Å²) in [6.45, 7) is 7.64. The zero-order valence-corrected chi connectivity index (χ0v) is 10.8. The Kier molecular flexibility index (Phi) is 4.47. The summed E-state index contributed by atoms with van der Waals surface area (Å²) < 4.78 is 1.97. The number of nitrogens with one attached hydrogen (secondary N) is 1. The molecule has 0 amide bonds. The number of nitrogens with zero attached hydrogens (tertiary/aromatic N) is 5. The smallest absolute Gasteiger partial charge is 0.146 e. The molecule has 2 heterocycles. The topological polar surface area (TPSA) is 49.2 Å². The zero-order valence-electron chi connectivity index (χ0n) is 10.8. The zero-order chi connectivity index (χ0) is 12.1. The average molecular weight is 238 g/mol. The SMILES string of the molecule is CN(CCN1CCNCC1)Cc1nncn1C. The highest BCUT2D eigenvalue weighted by Crippen LogP contribution is 1.98. The molecule has 6 nitrogen and oxygen atoms in total. The second-order valence-electron chi connectivity index (χ2n) is 4.69. The lowest BCUT2D eigenvalue weighted by atomic mass is 10.3. The Morgan fingerprint density at radius 3 is 2.82 bits per heavy atom. The van der Waals surface area contributed by atoms with Crippen molar-refractivity contribution in [3.8, 4) is 0 Å². The van der Waals surface area contributed by atoms with Gasteiger partial charge in [-0.2, -0.15) is 0 Å². The monoisotopic (exact) mass is 238 g/mol. The summed E-state index contributed by atoms with van der Waals surface area (Å²) in [7, 11) is 4.12. The lowest BCUT2D eigenvalue weighted by Gasteiger charge is -2.28. The standard InChI is InChI=1S/C11H22N6/c1-15(9-11-14-13-10-16(11)2)7-8-17-5-3-12-4-6-17/h10,12H,3-9H2,1-2H3. The quantitative estimate of drug-likeness (QED) is 0.724. The molecule has 1 aromatic heterocycles. The van der Waals surface area contributed by atoms with Crippen LogP contribution in [0.2, 0.25) is 0 Å². The molecule has 1 saturated heterocycles. The van der Waals surface area contributed by atoms with Gasteiger partial charge in [-0.1, -0.05) is 0 Å². The van der Waals surface area contributed by atoms with E-state index in [-0.39, 0.29) is 0 Å². The van der Waals surface area contributed by atoms with Crippen LogP contribution in [0.3, 0.4) is 0 Å². The van der Waals surface area contributed by atoms with E-state index in [9.17, 15) is 0 Å². The molecule has 2 rings (SSSR count). The Labute approximate surface area is 103 Å². The summed E-state index contributed by atoms with van der Waals surface area (Å²) in [5, 5.41) is 11.4. The third kappa shape index (κ3) is 3.76. The van der Waals surface area contributed by atoms with Crippen molar-refractivity contribution in [1.82, 2.24) is 29.9 Å². The van der Waals surface area contributed by atoms with Crippen molar-refractivity contribution in [3.05, 3.63) is 12.2 Å². The molecule has 0 radical (unpaired) electrons. The Balaban J connectivity index is 1.70. The fourth-order valence-electron chi connectivity index (χ4n) is 2.02. The molecule has 0 unspecified atom stereocenters. The molecule has 1 N–H and O–H groups in total. The van der Waals surface area contributed by atoms with Gasteiger partial charge in [0.2, 0.25) is 0 Å². The fraction of sp³-hybridized carbons (Fsp3) is 0.818. The van der Waals surface area contributed by atoms with Gasteiger partial charge in [-0.3, -0.25) is 9.80 Å². The normalized spacial score (nSPS) is 17.8. The van der Waals surface area contributed by atoms with Gasteiger partial charge in [0.05, 0.1) is 6.54 Å². The van der Waals surface area contributed by atoms with E-state index >= 15 is 0 Å². The van der Waals surface area contributed by atoms with Crippen LogP contribution in [0.15, 0.2) is 6.33 Å². The van der Waals surface area contributed by atoms with Gasteiger partial charge < -0.3 is 9.88 Å². The van der Waals surface area contributed by atoms with Crippen molar-refractivity contribution in [2.75, 3.05) is 46.3 Å². The van der Waals surface area contributed by atoms with Gasteiger partial charge in [-0.15, -0.1) is 10.2 Å². The van der Waals surface area contributed by atoms with Gasteiger partial charge in [0, 0.05) is 46.3 Å². The van der Waals surface area contributed by atoms with Gasteiger partial charge in [-0.25, -0.2) is 0 Å². The highest BCUT2D eigenvalue weighted by Gasteiger charge is 2.11. The van der Waals surface area contributed by atoms with Crippen LogP contribution < -0.4 is 5.32 Å². The first-order chi connectivity index (χ1) is 8.25. The van der Waals surface area contributed by atoms with Crippen LogP contribution in [0.25, 0.3) is 0 Å². The van der Waals surface area contributed by atoms with E-state index in [1.165, 1.54) is 0 Å². The van der Waals surface area contributed by atoms with E-state index in [1.807, 2.05) is 11.6 Å². The highest BCUT2D eigenvalue weighted by atomic mass is 15.3. The molecule has 0 bridgehead atoms. The number of aromatic nitrogens is 3. The first-order valence-corrected chi connectivity index (χ1v) is 6.20. The van der Waals surface area contributed by atoms with Gasteiger partial charge in [0.1, 0.15) is 12.2 Å². The minimum atomic E-state index is 0.864. The maximum atomic E-state index is 4.10. The van der Waals surface area contributed by atoms with Gasteiger partial charge in [-0.05, 0) is 7.05 Å². The second-order valence-corrected chi connectivity index (χ2v) is 4.69. The van der Waals surface area contributed by atoms with E-state index in [4.69, 9.17) is 0 Å². The molecule has 1 aliphatic heterocycles. The first-order valence-electron chi connectivity index (χ1n) is 6.20. The van der Waals surface area contributed by atoms with Crippen LogP contribution in [0.4, 0.5) is 0 Å². The molecule has 0 aliphatic carbocycles. The van der Waals surface area contributed by atoms with E-state index < -0.39 is 0 Å². The number of rotatable bonds is 5. The third-order valence-electron chi connectivity index (χ3n) is 3.22. The molecular formula is C11H22N6. The van der Waals surface area contributed by atoms with E-state index in [1.54, 1.807) is 6.33 Å². The van der Waals surface area contributed by atoms with Gasteiger partial charge in [0.15, 0.2) is 0 Å². The van der Waals surface area contributed by atoms with Crippen molar-refractivity contribution >= 4 is 0 Å². The maximum absolute atomic E-state index is 4.10. The summed E-state index contributed by atoms with van der Waals surface area (Å²) >= 11 is 0. The lowest BCUT2D eigenvalue weighted by molar-refractivity contribution is 0.200. The molecule has 1 fully saturated rings. The molecular weight excluding hydrogens is 216 g/mol. The van der Waals surface area contributed by atoms with Gasteiger partial charge in [0.25, 0.3) is 0 Å². The Morgan fingerprint density at radius 2 is 2.18 bits per heavy atom. The average Bonchev–Trinajstić information content (AvgIpc) is 2.74. The van der Waals surface area contributed by atoms with Crippen LogP contribution in [0, 0.1) is 0 Å². The molecule has 17 heavy (non-hydrogen) atoms. The van der Waals surface area contributed by atoms with E-state index in [0.29, 0.717) is 0 Å². The molecule has 1 aliphatic rings. The molecule has 0 aromatic carbocycles. The van der Waals surface area contributed by atoms with Crippen molar-refractivity contribution in [1.29, 1.82) is 0 Å². The summed E-state index contributed by atoms with van der Waals surface area (Å²) in [6.07, 6.45) is 1.75. The highest BCUT2D eigenvalue weighted by molar-refractivity contribution is 4.83. The van der Waals surface area contributed by atoms with Crippen molar-refractivity contribution in [3.63, 3.8) is 0 Å². The largest absolute Gasteiger partial charge is 0.320 e. The minimum absolute atomic E-state index is 0.864. The summed E-state index contributed by atoms with van der Waals surface area (Å²) in [6, 6.07) is 0. The Hall–Kier alpha value is -0.980.